The quantitative estimate of drug-likeness (QED) is 0.659. The largest absolute Gasteiger partial charge is 0.468 e. The number of hydrogen-bond donors (Lipinski definition) is 0. The van der Waals surface area contributed by atoms with Crippen LogP contribution in [-0.4, -0.2) is 14.7 Å². The van der Waals surface area contributed by atoms with Gasteiger partial charge in [0.2, 0.25) is 0 Å². The molecule has 0 amide bonds. The lowest BCUT2D eigenvalue weighted by Crippen LogP contribution is -2.00. The van der Waals surface area contributed by atoms with Gasteiger partial charge in [0.1, 0.15) is 5.76 Å². The smallest absolute Gasteiger partial charge is 0.176 e. The van der Waals surface area contributed by atoms with E-state index in [1.807, 2.05) is 42.5 Å². The average molecular weight is 340 g/mol. The van der Waals surface area contributed by atoms with E-state index in [4.69, 9.17) is 4.42 Å². The van der Waals surface area contributed by atoms with Crippen LogP contribution < -0.4 is 0 Å². The molecule has 0 radical (unpaired) electrons. The molecular formula is C20H20O3S. The molecular weight excluding hydrogens is 320 g/mol. The van der Waals surface area contributed by atoms with Crippen molar-refractivity contribution in [3.8, 4) is 22.3 Å². The molecule has 0 atom stereocenters. The fraction of sp³-hybridized carbons (Fsp3) is 0.200. The summed E-state index contributed by atoms with van der Waals surface area (Å²) >= 11 is 0. The zero-order valence-electron chi connectivity index (χ0n) is 13.8. The number of sulfone groups is 1. The predicted molar refractivity (Wildman–Crippen MR) is 96.7 cm³/mol. The maximum atomic E-state index is 12.2. The van der Waals surface area contributed by atoms with Gasteiger partial charge in [0.05, 0.1) is 11.2 Å². The number of benzene rings is 2. The normalized spacial score (nSPS) is 11.6. The van der Waals surface area contributed by atoms with Crippen LogP contribution in [-0.2, 0) is 16.3 Å². The Hall–Kier alpha value is -2.33. The molecule has 0 spiro atoms. The molecule has 0 aliphatic carbocycles. The van der Waals surface area contributed by atoms with Crippen molar-refractivity contribution in [1.29, 1.82) is 0 Å². The molecule has 0 fully saturated rings. The van der Waals surface area contributed by atoms with E-state index in [1.165, 1.54) is 6.26 Å². The van der Waals surface area contributed by atoms with Crippen molar-refractivity contribution in [2.24, 2.45) is 0 Å². The summed E-state index contributed by atoms with van der Waals surface area (Å²) < 4.78 is 30.2. The van der Waals surface area contributed by atoms with E-state index in [0.29, 0.717) is 10.5 Å². The maximum absolute atomic E-state index is 12.2. The standard InChI is InChI=1S/C20H20O3S/c1-3-9-18-20(15-10-5-4-6-11-15)17(14-23-18)16-12-7-8-13-19(16)24(2,21)22/h4-8,10-14H,3,9H2,1-2H3. The SMILES string of the molecule is CCCc1occ(-c2ccccc2S(C)(=O)=O)c1-c1ccccc1. The van der Waals surface area contributed by atoms with Gasteiger partial charge < -0.3 is 4.42 Å². The van der Waals surface area contributed by atoms with Gasteiger partial charge in [-0.05, 0) is 18.1 Å². The highest BCUT2D eigenvalue weighted by molar-refractivity contribution is 7.90. The lowest BCUT2D eigenvalue weighted by atomic mass is 9.95. The van der Waals surface area contributed by atoms with Gasteiger partial charge in [-0.25, -0.2) is 8.42 Å². The molecule has 3 rings (SSSR count). The van der Waals surface area contributed by atoms with Crippen LogP contribution >= 0.6 is 0 Å². The Balaban J connectivity index is 2.28. The fourth-order valence-electron chi connectivity index (χ4n) is 2.94. The van der Waals surface area contributed by atoms with Gasteiger partial charge in [-0.15, -0.1) is 0 Å². The van der Waals surface area contributed by atoms with Crippen LogP contribution in [0.15, 0.2) is 70.2 Å². The Labute approximate surface area is 142 Å². The molecule has 4 heteroatoms. The summed E-state index contributed by atoms with van der Waals surface area (Å²) in [6, 6.07) is 17.0. The van der Waals surface area contributed by atoms with E-state index in [0.717, 1.165) is 35.3 Å². The van der Waals surface area contributed by atoms with E-state index >= 15 is 0 Å². The van der Waals surface area contributed by atoms with Crippen LogP contribution in [0.2, 0.25) is 0 Å². The molecule has 2 aromatic carbocycles. The van der Waals surface area contributed by atoms with Crippen molar-refractivity contribution < 1.29 is 12.8 Å². The van der Waals surface area contributed by atoms with Gasteiger partial charge in [0.25, 0.3) is 0 Å². The molecule has 1 heterocycles. The van der Waals surface area contributed by atoms with E-state index in [9.17, 15) is 8.42 Å². The highest BCUT2D eigenvalue weighted by atomic mass is 32.2. The second-order valence-corrected chi connectivity index (χ2v) is 7.82. The number of aryl methyl sites for hydroxylation is 1. The Kier molecular flexibility index (Phi) is 4.58. The van der Waals surface area contributed by atoms with Crippen molar-refractivity contribution in [2.75, 3.05) is 6.26 Å². The Morgan fingerprint density at radius 2 is 1.58 bits per heavy atom. The number of rotatable bonds is 5. The molecule has 0 saturated heterocycles. The van der Waals surface area contributed by atoms with Crippen molar-refractivity contribution >= 4 is 9.84 Å². The van der Waals surface area contributed by atoms with Gasteiger partial charge in [0.15, 0.2) is 9.84 Å². The highest BCUT2D eigenvalue weighted by Gasteiger charge is 2.21. The summed E-state index contributed by atoms with van der Waals surface area (Å²) in [6.45, 7) is 2.10. The van der Waals surface area contributed by atoms with Gasteiger partial charge in [-0.2, -0.15) is 0 Å². The number of hydrogen-bond acceptors (Lipinski definition) is 3. The predicted octanol–water partition coefficient (Wildman–Crippen LogP) is 4.97. The summed E-state index contributed by atoms with van der Waals surface area (Å²) in [7, 11) is -3.33. The minimum absolute atomic E-state index is 0.325. The van der Waals surface area contributed by atoms with Crippen molar-refractivity contribution in [2.45, 2.75) is 24.7 Å². The first-order chi connectivity index (χ1) is 11.5. The molecule has 0 bridgehead atoms. The van der Waals surface area contributed by atoms with Crippen molar-refractivity contribution in [3.63, 3.8) is 0 Å². The third-order valence-electron chi connectivity index (χ3n) is 3.98. The van der Waals surface area contributed by atoms with Gasteiger partial charge in [-0.3, -0.25) is 0 Å². The van der Waals surface area contributed by atoms with Crippen LogP contribution in [0, 0.1) is 0 Å². The van der Waals surface area contributed by atoms with Crippen LogP contribution in [0.1, 0.15) is 19.1 Å². The lowest BCUT2D eigenvalue weighted by molar-refractivity contribution is 0.508. The molecule has 0 unspecified atom stereocenters. The first-order valence-corrected chi connectivity index (χ1v) is 9.86. The Bertz CT molecular complexity index is 938. The van der Waals surface area contributed by atoms with Crippen LogP contribution in [0.4, 0.5) is 0 Å². The third-order valence-corrected chi connectivity index (χ3v) is 5.14. The molecule has 124 valence electrons. The molecule has 0 N–H and O–H groups in total. The molecule has 0 saturated carbocycles. The van der Waals surface area contributed by atoms with E-state index in [2.05, 4.69) is 6.92 Å². The van der Waals surface area contributed by atoms with Crippen molar-refractivity contribution in [1.82, 2.24) is 0 Å². The van der Waals surface area contributed by atoms with Gasteiger partial charge in [0, 0.05) is 29.4 Å². The molecule has 24 heavy (non-hydrogen) atoms. The average Bonchev–Trinajstić information content (AvgIpc) is 2.99. The second-order valence-electron chi connectivity index (χ2n) is 5.83. The molecule has 0 aliphatic heterocycles. The van der Waals surface area contributed by atoms with Gasteiger partial charge >= 0.3 is 0 Å². The molecule has 0 aliphatic rings. The Morgan fingerprint density at radius 3 is 2.25 bits per heavy atom. The summed E-state index contributed by atoms with van der Waals surface area (Å²) in [5.74, 6) is 0.891. The van der Waals surface area contributed by atoms with Gasteiger partial charge in [-0.1, -0.05) is 55.5 Å². The van der Waals surface area contributed by atoms with Crippen LogP contribution in [0.3, 0.4) is 0 Å². The first-order valence-electron chi connectivity index (χ1n) is 7.97. The third kappa shape index (κ3) is 3.15. The molecule has 3 aromatic rings. The second kappa shape index (κ2) is 6.65. The topological polar surface area (TPSA) is 47.3 Å². The van der Waals surface area contributed by atoms with Crippen molar-refractivity contribution in [3.05, 3.63) is 66.6 Å². The molecule has 1 aromatic heterocycles. The van der Waals surface area contributed by atoms with E-state index in [-0.39, 0.29) is 0 Å². The van der Waals surface area contributed by atoms with E-state index < -0.39 is 9.84 Å². The maximum Gasteiger partial charge on any atom is 0.176 e. The number of furan rings is 1. The summed E-state index contributed by atoms with van der Waals surface area (Å²) in [5.41, 5.74) is 3.53. The zero-order valence-corrected chi connectivity index (χ0v) is 14.6. The van der Waals surface area contributed by atoms with Crippen LogP contribution in [0.5, 0.6) is 0 Å². The summed E-state index contributed by atoms with van der Waals surface area (Å²) in [4.78, 5) is 0.325. The Morgan fingerprint density at radius 1 is 0.917 bits per heavy atom. The summed E-state index contributed by atoms with van der Waals surface area (Å²) in [6.07, 6.45) is 4.68. The summed E-state index contributed by atoms with van der Waals surface area (Å²) in [5, 5.41) is 0. The lowest BCUT2D eigenvalue weighted by Gasteiger charge is -2.10. The monoisotopic (exact) mass is 340 g/mol. The van der Waals surface area contributed by atoms with E-state index in [1.54, 1.807) is 18.4 Å². The minimum atomic E-state index is -3.33. The highest BCUT2D eigenvalue weighted by Crippen LogP contribution is 2.39. The fourth-order valence-corrected chi connectivity index (χ4v) is 3.84. The minimum Gasteiger partial charge on any atom is -0.468 e. The van der Waals surface area contributed by atoms with Crippen LogP contribution in [0.25, 0.3) is 22.3 Å². The first kappa shape index (κ1) is 16.5. The molecule has 3 nitrogen and oxygen atoms in total. The zero-order chi connectivity index (χ0) is 17.2.